The summed E-state index contributed by atoms with van der Waals surface area (Å²) in [5, 5.41) is 8.09. The number of nitrogens with zero attached hydrogens (tertiary/aromatic N) is 3. The van der Waals surface area contributed by atoms with Crippen LogP contribution in [0.3, 0.4) is 0 Å². The molecule has 0 aliphatic carbocycles. The van der Waals surface area contributed by atoms with Crippen molar-refractivity contribution in [1.82, 2.24) is 15.1 Å². The van der Waals surface area contributed by atoms with Gasteiger partial charge < -0.3 is 9.64 Å². The Balaban J connectivity index is 2.14. The molecule has 0 aromatic carbocycles. The number of halogens is 1. The minimum absolute atomic E-state index is 0.0114. The highest BCUT2D eigenvalue weighted by Crippen LogP contribution is 2.13. The van der Waals surface area contributed by atoms with Gasteiger partial charge in [-0.25, -0.2) is 0 Å². The number of morpholine rings is 1. The first-order valence-corrected chi connectivity index (χ1v) is 6.16. The van der Waals surface area contributed by atoms with Gasteiger partial charge in [0.2, 0.25) is 0 Å². The van der Waals surface area contributed by atoms with Crippen LogP contribution in [0.4, 0.5) is 0 Å². The molecule has 5 nitrogen and oxygen atoms in total. The predicted octanol–water partition coefficient (Wildman–Crippen LogP) is 0.712. The van der Waals surface area contributed by atoms with Gasteiger partial charge in [-0.2, -0.15) is 10.2 Å². The van der Waals surface area contributed by atoms with Gasteiger partial charge in [0.15, 0.2) is 0 Å². The number of amides is 1. The quantitative estimate of drug-likeness (QED) is 0.751. The van der Waals surface area contributed by atoms with Crippen molar-refractivity contribution in [2.24, 2.45) is 0 Å². The second kappa shape index (κ2) is 5.36. The van der Waals surface area contributed by atoms with Gasteiger partial charge in [0, 0.05) is 11.9 Å². The van der Waals surface area contributed by atoms with Crippen molar-refractivity contribution < 1.29 is 9.53 Å². The van der Waals surface area contributed by atoms with E-state index in [0.29, 0.717) is 25.3 Å². The number of carbonyl (C=O) groups excluding carboxylic acids is 1. The van der Waals surface area contributed by atoms with Crippen molar-refractivity contribution in [3.63, 3.8) is 0 Å². The molecular weight excluding hydrogens is 274 g/mol. The summed E-state index contributed by atoms with van der Waals surface area (Å²) >= 11 is 3.39. The zero-order valence-corrected chi connectivity index (χ0v) is 10.3. The van der Waals surface area contributed by atoms with Gasteiger partial charge in [-0.1, -0.05) is 15.9 Å². The molecule has 0 radical (unpaired) electrons. The summed E-state index contributed by atoms with van der Waals surface area (Å²) in [4.78, 5) is 14.0. The van der Waals surface area contributed by atoms with Crippen LogP contribution in [0.5, 0.6) is 0 Å². The van der Waals surface area contributed by atoms with Crippen LogP contribution in [-0.2, 0) is 4.74 Å². The Morgan fingerprint density at radius 3 is 3.19 bits per heavy atom. The Bertz CT molecular complexity index is 360. The molecule has 1 aliphatic heterocycles. The Hall–Kier alpha value is -1.01. The molecule has 86 valence electrons. The second-order valence-electron chi connectivity index (χ2n) is 3.51. The SMILES string of the molecule is O=C(c1ccnnc1)N1CCOCC1CBr. The summed E-state index contributed by atoms with van der Waals surface area (Å²) in [5.74, 6) is -0.0114. The molecule has 6 heteroatoms. The van der Waals surface area contributed by atoms with Crippen molar-refractivity contribution in [1.29, 1.82) is 0 Å². The fourth-order valence-corrected chi connectivity index (χ4v) is 2.17. The van der Waals surface area contributed by atoms with Gasteiger partial charge >= 0.3 is 0 Å². The summed E-state index contributed by atoms with van der Waals surface area (Å²) in [7, 11) is 0. The van der Waals surface area contributed by atoms with Gasteiger partial charge in [-0.15, -0.1) is 0 Å². The molecule has 1 fully saturated rings. The molecule has 1 saturated heterocycles. The maximum atomic E-state index is 12.2. The average molecular weight is 286 g/mol. The molecule has 0 spiro atoms. The van der Waals surface area contributed by atoms with Crippen LogP contribution in [0, 0.1) is 0 Å². The zero-order chi connectivity index (χ0) is 11.4. The smallest absolute Gasteiger partial charge is 0.255 e. The van der Waals surface area contributed by atoms with E-state index >= 15 is 0 Å². The summed E-state index contributed by atoms with van der Waals surface area (Å²) < 4.78 is 5.34. The molecule has 1 unspecified atom stereocenters. The summed E-state index contributed by atoms with van der Waals surface area (Å²) in [5.41, 5.74) is 0.572. The zero-order valence-electron chi connectivity index (χ0n) is 8.67. The van der Waals surface area contributed by atoms with E-state index in [1.807, 2.05) is 4.90 Å². The second-order valence-corrected chi connectivity index (χ2v) is 4.16. The van der Waals surface area contributed by atoms with Gasteiger partial charge in [0.1, 0.15) is 0 Å². The standard InChI is InChI=1S/C10H12BrN3O2/c11-5-9-7-16-4-3-14(9)10(15)8-1-2-12-13-6-8/h1-2,6,9H,3-5,7H2. The molecule has 0 saturated carbocycles. The largest absolute Gasteiger partial charge is 0.377 e. The van der Waals surface area contributed by atoms with E-state index in [2.05, 4.69) is 26.1 Å². The fraction of sp³-hybridized carbons (Fsp3) is 0.500. The Morgan fingerprint density at radius 1 is 1.62 bits per heavy atom. The first-order valence-electron chi connectivity index (χ1n) is 5.04. The number of carbonyl (C=O) groups is 1. The number of rotatable bonds is 2. The molecule has 1 atom stereocenters. The third kappa shape index (κ3) is 2.38. The van der Waals surface area contributed by atoms with Crippen LogP contribution in [-0.4, -0.2) is 52.1 Å². The van der Waals surface area contributed by atoms with Crippen LogP contribution in [0.15, 0.2) is 18.5 Å². The molecule has 0 bridgehead atoms. The molecule has 2 rings (SSSR count). The molecule has 16 heavy (non-hydrogen) atoms. The van der Waals surface area contributed by atoms with Crippen LogP contribution < -0.4 is 0 Å². The summed E-state index contributed by atoms with van der Waals surface area (Å²) in [6.07, 6.45) is 3.01. The van der Waals surface area contributed by atoms with Gasteiger partial charge in [0.05, 0.1) is 37.2 Å². The number of hydrogen-bond acceptors (Lipinski definition) is 4. The molecule has 1 aliphatic rings. The highest BCUT2D eigenvalue weighted by molar-refractivity contribution is 9.09. The summed E-state index contributed by atoms with van der Waals surface area (Å²) in [6.45, 7) is 1.79. The Labute approximate surface area is 102 Å². The number of alkyl halides is 1. The number of aromatic nitrogens is 2. The Kier molecular flexibility index (Phi) is 3.84. The van der Waals surface area contributed by atoms with Gasteiger partial charge in [-0.3, -0.25) is 4.79 Å². The first kappa shape index (κ1) is 11.5. The van der Waals surface area contributed by atoms with E-state index in [4.69, 9.17) is 4.74 Å². The predicted molar refractivity (Wildman–Crippen MR) is 61.5 cm³/mol. The van der Waals surface area contributed by atoms with E-state index in [0.717, 1.165) is 5.33 Å². The maximum absolute atomic E-state index is 12.2. The van der Waals surface area contributed by atoms with Gasteiger partial charge in [0.25, 0.3) is 5.91 Å². The lowest BCUT2D eigenvalue weighted by molar-refractivity contribution is 0.00521. The van der Waals surface area contributed by atoms with E-state index < -0.39 is 0 Å². The van der Waals surface area contributed by atoms with Crippen molar-refractivity contribution in [2.45, 2.75) is 6.04 Å². The van der Waals surface area contributed by atoms with E-state index in [1.54, 1.807) is 6.07 Å². The lowest BCUT2D eigenvalue weighted by Gasteiger charge is -2.34. The maximum Gasteiger partial charge on any atom is 0.255 e. The third-order valence-electron chi connectivity index (χ3n) is 2.50. The topological polar surface area (TPSA) is 55.3 Å². The van der Waals surface area contributed by atoms with Gasteiger partial charge in [-0.05, 0) is 6.07 Å². The fourth-order valence-electron chi connectivity index (χ4n) is 1.63. The lowest BCUT2D eigenvalue weighted by Crippen LogP contribution is -2.49. The van der Waals surface area contributed by atoms with Crippen LogP contribution in [0.1, 0.15) is 10.4 Å². The minimum atomic E-state index is -0.0114. The first-order chi connectivity index (χ1) is 7.83. The third-order valence-corrected chi connectivity index (χ3v) is 3.25. The lowest BCUT2D eigenvalue weighted by atomic mass is 10.2. The molecular formula is C10H12BrN3O2. The van der Waals surface area contributed by atoms with Crippen LogP contribution in [0.25, 0.3) is 0 Å². The van der Waals surface area contributed by atoms with Crippen molar-refractivity contribution in [3.05, 3.63) is 24.0 Å². The molecule has 1 aromatic heterocycles. The number of ether oxygens (including phenoxy) is 1. The average Bonchev–Trinajstić information content (AvgIpc) is 2.39. The molecule has 2 heterocycles. The van der Waals surface area contributed by atoms with Crippen molar-refractivity contribution in [2.75, 3.05) is 25.1 Å². The summed E-state index contributed by atoms with van der Waals surface area (Å²) in [6, 6.07) is 1.77. The minimum Gasteiger partial charge on any atom is -0.377 e. The normalized spacial score (nSPS) is 20.8. The highest BCUT2D eigenvalue weighted by Gasteiger charge is 2.27. The van der Waals surface area contributed by atoms with Crippen LogP contribution in [0.2, 0.25) is 0 Å². The van der Waals surface area contributed by atoms with Crippen LogP contribution >= 0.6 is 15.9 Å². The Morgan fingerprint density at radius 2 is 2.50 bits per heavy atom. The van der Waals surface area contributed by atoms with E-state index in [-0.39, 0.29) is 11.9 Å². The highest BCUT2D eigenvalue weighted by atomic mass is 79.9. The van der Waals surface area contributed by atoms with E-state index in [1.165, 1.54) is 12.4 Å². The molecule has 1 amide bonds. The van der Waals surface area contributed by atoms with Crippen molar-refractivity contribution >= 4 is 21.8 Å². The monoisotopic (exact) mass is 285 g/mol. The van der Waals surface area contributed by atoms with Crippen molar-refractivity contribution in [3.8, 4) is 0 Å². The van der Waals surface area contributed by atoms with E-state index in [9.17, 15) is 4.79 Å². The molecule has 1 aromatic rings. The number of hydrogen-bond donors (Lipinski definition) is 0. The molecule has 0 N–H and O–H groups in total.